The van der Waals surface area contributed by atoms with Gasteiger partial charge in [0, 0.05) is 17.8 Å². The highest BCUT2D eigenvalue weighted by atomic mass is 35.5. The van der Waals surface area contributed by atoms with Crippen LogP contribution in [-0.2, 0) is 0 Å². The average molecular weight is 284 g/mol. The van der Waals surface area contributed by atoms with Gasteiger partial charge >= 0.3 is 5.97 Å². The third kappa shape index (κ3) is 2.12. The second kappa shape index (κ2) is 4.94. The van der Waals surface area contributed by atoms with Gasteiger partial charge in [-0.15, -0.1) is 0 Å². The number of benzene rings is 2. The number of carboxylic acid groups (broad SMARTS) is 1. The first-order chi connectivity index (χ1) is 9.66. The maximum absolute atomic E-state index is 11.2. The molecular formula is C16H10ClNO2. The number of aromatic nitrogens is 1. The van der Waals surface area contributed by atoms with E-state index >= 15 is 0 Å². The molecule has 0 spiro atoms. The lowest BCUT2D eigenvalue weighted by Crippen LogP contribution is -1.97. The molecule has 3 nitrogen and oxygen atoms in total. The lowest BCUT2D eigenvalue weighted by molar-refractivity contribution is 0.0697. The van der Waals surface area contributed by atoms with Crippen LogP contribution in [-0.4, -0.2) is 16.1 Å². The number of carboxylic acids is 1. The number of rotatable bonds is 2. The van der Waals surface area contributed by atoms with Crippen molar-refractivity contribution in [2.75, 3.05) is 0 Å². The molecule has 0 radical (unpaired) electrons. The van der Waals surface area contributed by atoms with Crippen molar-refractivity contribution >= 4 is 28.3 Å². The molecule has 0 unspecified atom stereocenters. The fraction of sp³-hybridized carbons (Fsp3) is 0. The second-order valence-electron chi connectivity index (χ2n) is 4.40. The third-order valence-electron chi connectivity index (χ3n) is 3.19. The Bertz CT molecular complexity index is 809. The van der Waals surface area contributed by atoms with E-state index in [0.717, 1.165) is 21.9 Å². The topological polar surface area (TPSA) is 50.2 Å². The van der Waals surface area contributed by atoms with E-state index < -0.39 is 5.97 Å². The summed E-state index contributed by atoms with van der Waals surface area (Å²) in [7, 11) is 0. The van der Waals surface area contributed by atoms with Crippen molar-refractivity contribution in [2.45, 2.75) is 0 Å². The third-order valence-corrected chi connectivity index (χ3v) is 3.52. The molecule has 0 aliphatic carbocycles. The molecule has 1 N–H and O–H groups in total. The predicted molar refractivity (Wildman–Crippen MR) is 79.1 cm³/mol. The average Bonchev–Trinajstić information content (AvgIpc) is 2.47. The zero-order valence-corrected chi connectivity index (χ0v) is 11.1. The number of carbonyl (C=O) groups is 1. The molecule has 0 bridgehead atoms. The van der Waals surface area contributed by atoms with Gasteiger partial charge in [0.1, 0.15) is 0 Å². The molecule has 2 aromatic carbocycles. The van der Waals surface area contributed by atoms with E-state index in [0.29, 0.717) is 0 Å². The van der Waals surface area contributed by atoms with Crippen molar-refractivity contribution in [1.82, 2.24) is 4.98 Å². The van der Waals surface area contributed by atoms with E-state index in [9.17, 15) is 4.79 Å². The number of hydrogen-bond acceptors (Lipinski definition) is 2. The van der Waals surface area contributed by atoms with E-state index in [2.05, 4.69) is 4.98 Å². The van der Waals surface area contributed by atoms with Crippen LogP contribution in [0.1, 0.15) is 10.4 Å². The Morgan fingerprint density at radius 1 is 1.15 bits per heavy atom. The monoisotopic (exact) mass is 283 g/mol. The van der Waals surface area contributed by atoms with Gasteiger partial charge < -0.3 is 5.11 Å². The molecule has 0 saturated carbocycles. The van der Waals surface area contributed by atoms with E-state index in [1.165, 1.54) is 0 Å². The Kier molecular flexibility index (Phi) is 3.12. The quantitative estimate of drug-likeness (QED) is 0.765. The summed E-state index contributed by atoms with van der Waals surface area (Å²) in [5.41, 5.74) is 1.85. The van der Waals surface area contributed by atoms with Crippen molar-refractivity contribution in [3.05, 3.63) is 65.4 Å². The minimum absolute atomic E-state index is 0.102. The van der Waals surface area contributed by atoms with Crippen LogP contribution in [0.5, 0.6) is 0 Å². The first-order valence-corrected chi connectivity index (χ1v) is 6.40. The van der Waals surface area contributed by atoms with E-state index in [4.69, 9.17) is 16.7 Å². The summed E-state index contributed by atoms with van der Waals surface area (Å²) in [5.74, 6) is -1.03. The van der Waals surface area contributed by atoms with Crippen LogP contribution in [0.15, 0.2) is 54.9 Å². The van der Waals surface area contributed by atoms with Gasteiger partial charge in [0.05, 0.1) is 10.6 Å². The number of pyridine rings is 1. The van der Waals surface area contributed by atoms with Gasteiger partial charge in [-0.3, -0.25) is 4.98 Å². The van der Waals surface area contributed by atoms with Crippen LogP contribution < -0.4 is 0 Å². The highest BCUT2D eigenvalue weighted by molar-refractivity contribution is 6.33. The van der Waals surface area contributed by atoms with Gasteiger partial charge in [0.2, 0.25) is 0 Å². The predicted octanol–water partition coefficient (Wildman–Crippen LogP) is 4.25. The Balaban J connectivity index is 2.26. The molecule has 20 heavy (non-hydrogen) atoms. The first-order valence-electron chi connectivity index (χ1n) is 6.03. The molecule has 1 aromatic heterocycles. The first kappa shape index (κ1) is 12.6. The number of nitrogens with zero attached hydrogens (tertiary/aromatic N) is 1. The standard InChI is InChI=1S/C16H10ClNO2/c17-15-5-4-11(8-13(15)16(19)20)12-3-1-2-10-6-7-18-9-14(10)12/h1-9H,(H,19,20). The Labute approximate surface area is 120 Å². The largest absolute Gasteiger partial charge is 0.478 e. The molecule has 0 fully saturated rings. The smallest absolute Gasteiger partial charge is 0.337 e. The molecule has 0 atom stereocenters. The van der Waals surface area contributed by atoms with E-state index in [1.807, 2.05) is 30.3 Å². The molecule has 0 aliphatic heterocycles. The summed E-state index contributed by atoms with van der Waals surface area (Å²) in [5, 5.41) is 11.4. The summed E-state index contributed by atoms with van der Waals surface area (Å²) in [6, 6.07) is 12.8. The summed E-state index contributed by atoms with van der Waals surface area (Å²) >= 11 is 5.90. The maximum atomic E-state index is 11.2. The summed E-state index contributed by atoms with van der Waals surface area (Å²) in [6.07, 6.45) is 3.51. The van der Waals surface area contributed by atoms with Crippen LogP contribution in [0.3, 0.4) is 0 Å². The number of aromatic carboxylic acids is 1. The van der Waals surface area contributed by atoms with Crippen molar-refractivity contribution in [1.29, 1.82) is 0 Å². The summed E-state index contributed by atoms with van der Waals surface area (Å²) in [4.78, 5) is 15.3. The summed E-state index contributed by atoms with van der Waals surface area (Å²) in [6.45, 7) is 0. The maximum Gasteiger partial charge on any atom is 0.337 e. The Hall–Kier alpha value is -2.39. The highest BCUT2D eigenvalue weighted by Gasteiger charge is 2.11. The lowest BCUT2D eigenvalue weighted by atomic mass is 9.98. The van der Waals surface area contributed by atoms with Crippen molar-refractivity contribution in [3.63, 3.8) is 0 Å². The molecule has 1 heterocycles. The molecule has 0 saturated heterocycles. The van der Waals surface area contributed by atoms with Crippen molar-refractivity contribution in [3.8, 4) is 11.1 Å². The minimum atomic E-state index is -1.03. The fourth-order valence-electron chi connectivity index (χ4n) is 2.22. The normalized spacial score (nSPS) is 10.7. The lowest BCUT2D eigenvalue weighted by Gasteiger charge is -2.08. The van der Waals surface area contributed by atoms with Gasteiger partial charge in [-0.05, 0) is 34.7 Å². The van der Waals surface area contributed by atoms with Gasteiger partial charge in [-0.25, -0.2) is 4.79 Å². The van der Waals surface area contributed by atoms with Crippen molar-refractivity contribution in [2.24, 2.45) is 0 Å². The van der Waals surface area contributed by atoms with Crippen LogP contribution in [0.4, 0.5) is 0 Å². The Morgan fingerprint density at radius 2 is 2.00 bits per heavy atom. The summed E-state index contributed by atoms with van der Waals surface area (Å²) < 4.78 is 0. The Morgan fingerprint density at radius 3 is 2.80 bits per heavy atom. The molecule has 4 heteroatoms. The minimum Gasteiger partial charge on any atom is -0.478 e. The zero-order chi connectivity index (χ0) is 14.1. The zero-order valence-electron chi connectivity index (χ0n) is 10.4. The van der Waals surface area contributed by atoms with E-state index in [-0.39, 0.29) is 10.6 Å². The van der Waals surface area contributed by atoms with Gasteiger partial charge in [-0.1, -0.05) is 35.9 Å². The molecule has 0 aliphatic rings. The second-order valence-corrected chi connectivity index (χ2v) is 4.81. The van der Waals surface area contributed by atoms with Crippen LogP contribution >= 0.6 is 11.6 Å². The SMILES string of the molecule is O=C(O)c1cc(-c2cccc3ccncc23)ccc1Cl. The van der Waals surface area contributed by atoms with Gasteiger partial charge in [0.15, 0.2) is 0 Å². The number of fused-ring (bicyclic) bond motifs is 1. The van der Waals surface area contributed by atoms with Gasteiger partial charge in [0.25, 0.3) is 0 Å². The molecule has 3 rings (SSSR count). The van der Waals surface area contributed by atoms with Gasteiger partial charge in [-0.2, -0.15) is 0 Å². The van der Waals surface area contributed by atoms with E-state index in [1.54, 1.807) is 24.5 Å². The van der Waals surface area contributed by atoms with Crippen LogP contribution in [0, 0.1) is 0 Å². The molecule has 3 aromatic rings. The van der Waals surface area contributed by atoms with Crippen LogP contribution in [0.25, 0.3) is 21.9 Å². The molecule has 98 valence electrons. The highest BCUT2D eigenvalue weighted by Crippen LogP contribution is 2.30. The number of halogens is 1. The molecular weight excluding hydrogens is 274 g/mol. The van der Waals surface area contributed by atoms with Crippen LogP contribution in [0.2, 0.25) is 5.02 Å². The fourth-order valence-corrected chi connectivity index (χ4v) is 2.42. The number of hydrogen-bond donors (Lipinski definition) is 1. The molecule has 0 amide bonds. The van der Waals surface area contributed by atoms with Crippen molar-refractivity contribution < 1.29 is 9.90 Å².